The van der Waals surface area contributed by atoms with Crippen LogP contribution < -0.4 is 10.6 Å². The molecule has 3 aliphatic rings. The van der Waals surface area contributed by atoms with Crippen molar-refractivity contribution in [2.75, 3.05) is 6.54 Å². The first-order chi connectivity index (χ1) is 11.1. The predicted octanol–water partition coefficient (Wildman–Crippen LogP) is 0.706. The van der Waals surface area contributed by atoms with Crippen molar-refractivity contribution in [1.82, 2.24) is 15.5 Å². The van der Waals surface area contributed by atoms with Crippen molar-refractivity contribution in [3.8, 4) is 0 Å². The zero-order valence-electron chi connectivity index (χ0n) is 12.9. The van der Waals surface area contributed by atoms with Gasteiger partial charge in [-0.1, -0.05) is 25.0 Å². The number of nitrogens with one attached hydrogen (secondary N) is 2. The Kier molecular flexibility index (Phi) is 4.45. The Labute approximate surface area is 134 Å². The molecule has 2 atom stereocenters. The van der Waals surface area contributed by atoms with Gasteiger partial charge < -0.3 is 5.32 Å². The lowest BCUT2D eigenvalue weighted by atomic mass is 9.85. The summed E-state index contributed by atoms with van der Waals surface area (Å²) in [5, 5.41) is 4.94. The summed E-state index contributed by atoms with van der Waals surface area (Å²) in [7, 11) is 0. The zero-order chi connectivity index (χ0) is 16.4. The van der Waals surface area contributed by atoms with Crippen LogP contribution in [0.2, 0.25) is 0 Å². The smallest absolute Gasteiger partial charge is 0.321 e. The van der Waals surface area contributed by atoms with Crippen LogP contribution in [0.1, 0.15) is 38.5 Å². The van der Waals surface area contributed by atoms with Crippen molar-refractivity contribution in [1.29, 1.82) is 0 Å². The molecule has 124 valence electrons. The minimum absolute atomic E-state index is 0.104. The highest BCUT2D eigenvalue weighted by molar-refractivity contribution is 6.08. The highest BCUT2D eigenvalue weighted by Crippen LogP contribution is 2.34. The van der Waals surface area contributed by atoms with E-state index in [-0.39, 0.29) is 36.2 Å². The molecule has 1 heterocycles. The first-order valence-electron chi connectivity index (χ1n) is 8.17. The number of rotatable bonds is 3. The summed E-state index contributed by atoms with van der Waals surface area (Å²) in [6.07, 6.45) is 8.85. The Bertz CT molecular complexity index is 540. The van der Waals surface area contributed by atoms with E-state index in [4.69, 9.17) is 0 Å². The fraction of sp³-hybridized carbons (Fsp3) is 0.625. The molecule has 7 heteroatoms. The summed E-state index contributed by atoms with van der Waals surface area (Å²) in [5.74, 6) is -1.96. The molecule has 1 saturated heterocycles. The summed E-state index contributed by atoms with van der Waals surface area (Å²) in [4.78, 5) is 49.2. The zero-order valence-corrected chi connectivity index (χ0v) is 12.9. The molecule has 3 rings (SSSR count). The highest BCUT2D eigenvalue weighted by Gasteiger charge is 2.47. The molecule has 0 radical (unpaired) electrons. The Morgan fingerprint density at radius 3 is 2.17 bits per heavy atom. The monoisotopic (exact) mass is 319 g/mol. The molecule has 0 aromatic rings. The number of imide groups is 2. The normalized spacial score (nSPS) is 27.2. The van der Waals surface area contributed by atoms with E-state index >= 15 is 0 Å². The lowest BCUT2D eigenvalue weighted by molar-refractivity contribution is -0.143. The van der Waals surface area contributed by atoms with Crippen molar-refractivity contribution in [2.24, 2.45) is 11.8 Å². The number of carbonyl (C=O) groups excluding carboxylic acids is 4. The number of hydrogen-bond acceptors (Lipinski definition) is 4. The van der Waals surface area contributed by atoms with Gasteiger partial charge in [-0.05, 0) is 25.7 Å². The molecule has 2 N–H and O–H groups in total. The van der Waals surface area contributed by atoms with Crippen LogP contribution in [0, 0.1) is 11.8 Å². The molecular formula is C16H21N3O4. The van der Waals surface area contributed by atoms with Gasteiger partial charge in [0.25, 0.3) is 0 Å². The van der Waals surface area contributed by atoms with Crippen LogP contribution in [-0.4, -0.2) is 41.2 Å². The SMILES string of the molecule is O=C(CN1C(=O)[C@H]2CC=CC[C@H]2C1=O)NC(=O)NC1CCCC1. The molecule has 5 amide bonds. The lowest BCUT2D eigenvalue weighted by Crippen LogP contribution is -2.48. The summed E-state index contributed by atoms with van der Waals surface area (Å²) in [6.45, 7) is -0.386. The fourth-order valence-electron chi connectivity index (χ4n) is 3.63. The molecule has 0 aromatic carbocycles. The number of urea groups is 1. The van der Waals surface area contributed by atoms with Crippen molar-refractivity contribution in [2.45, 2.75) is 44.6 Å². The molecule has 0 unspecified atom stereocenters. The molecule has 2 fully saturated rings. The number of nitrogens with zero attached hydrogens (tertiary/aromatic N) is 1. The molecule has 23 heavy (non-hydrogen) atoms. The minimum atomic E-state index is -0.631. The molecule has 2 aliphatic carbocycles. The maximum atomic E-state index is 12.2. The Morgan fingerprint density at radius 1 is 1.04 bits per heavy atom. The van der Waals surface area contributed by atoms with Crippen LogP contribution in [0.25, 0.3) is 0 Å². The summed E-state index contributed by atoms with van der Waals surface area (Å²) in [5.41, 5.74) is 0. The second kappa shape index (κ2) is 6.52. The van der Waals surface area contributed by atoms with Gasteiger partial charge >= 0.3 is 6.03 Å². The molecule has 1 aliphatic heterocycles. The van der Waals surface area contributed by atoms with Crippen molar-refractivity contribution in [3.05, 3.63) is 12.2 Å². The summed E-state index contributed by atoms with van der Waals surface area (Å²) < 4.78 is 0. The van der Waals surface area contributed by atoms with E-state index in [0.29, 0.717) is 12.8 Å². The molecule has 7 nitrogen and oxygen atoms in total. The van der Waals surface area contributed by atoms with Crippen LogP contribution in [0.4, 0.5) is 4.79 Å². The van der Waals surface area contributed by atoms with Crippen LogP contribution in [0.5, 0.6) is 0 Å². The van der Waals surface area contributed by atoms with Gasteiger partial charge in [-0.25, -0.2) is 4.79 Å². The third-order valence-corrected chi connectivity index (χ3v) is 4.84. The second-order valence-corrected chi connectivity index (χ2v) is 6.42. The highest BCUT2D eigenvalue weighted by atomic mass is 16.2. The summed E-state index contributed by atoms with van der Waals surface area (Å²) in [6, 6.07) is -0.452. The van der Waals surface area contributed by atoms with Gasteiger partial charge in [0.05, 0.1) is 11.8 Å². The van der Waals surface area contributed by atoms with Crippen LogP contribution in [0.15, 0.2) is 12.2 Å². The van der Waals surface area contributed by atoms with E-state index in [0.717, 1.165) is 30.6 Å². The van der Waals surface area contributed by atoms with E-state index in [9.17, 15) is 19.2 Å². The largest absolute Gasteiger partial charge is 0.335 e. The number of fused-ring (bicyclic) bond motifs is 1. The van der Waals surface area contributed by atoms with Gasteiger partial charge in [0, 0.05) is 6.04 Å². The maximum Gasteiger partial charge on any atom is 0.321 e. The predicted molar refractivity (Wildman–Crippen MR) is 81.0 cm³/mol. The van der Waals surface area contributed by atoms with Crippen molar-refractivity contribution in [3.63, 3.8) is 0 Å². The Balaban J connectivity index is 1.52. The Hall–Kier alpha value is -2.18. The molecule has 0 spiro atoms. The van der Waals surface area contributed by atoms with Crippen LogP contribution >= 0.6 is 0 Å². The van der Waals surface area contributed by atoms with Crippen LogP contribution in [0.3, 0.4) is 0 Å². The van der Waals surface area contributed by atoms with Gasteiger partial charge in [0.2, 0.25) is 17.7 Å². The van der Waals surface area contributed by atoms with Gasteiger partial charge in [-0.2, -0.15) is 0 Å². The van der Waals surface area contributed by atoms with Gasteiger partial charge in [0.15, 0.2) is 0 Å². The standard InChI is InChI=1S/C16H21N3O4/c20-13(18-16(23)17-10-5-1-2-6-10)9-19-14(21)11-7-3-4-8-12(11)15(19)22/h3-4,10-12H,1-2,5-9H2,(H2,17,18,20,23)/t11-,12+. The topological polar surface area (TPSA) is 95.6 Å². The van der Waals surface area contributed by atoms with Crippen molar-refractivity contribution < 1.29 is 19.2 Å². The Morgan fingerprint density at radius 2 is 1.61 bits per heavy atom. The van der Waals surface area contributed by atoms with E-state index in [2.05, 4.69) is 10.6 Å². The van der Waals surface area contributed by atoms with Gasteiger partial charge in [0.1, 0.15) is 6.54 Å². The molecule has 0 aromatic heterocycles. The van der Waals surface area contributed by atoms with Crippen molar-refractivity contribution >= 4 is 23.8 Å². The molecule has 1 saturated carbocycles. The van der Waals surface area contributed by atoms with E-state index in [1.54, 1.807) is 0 Å². The van der Waals surface area contributed by atoms with Gasteiger partial charge in [-0.15, -0.1) is 0 Å². The van der Waals surface area contributed by atoms with Gasteiger partial charge in [-0.3, -0.25) is 24.6 Å². The maximum absolute atomic E-state index is 12.2. The molecular weight excluding hydrogens is 298 g/mol. The van der Waals surface area contributed by atoms with E-state index in [1.807, 2.05) is 12.2 Å². The summed E-state index contributed by atoms with van der Waals surface area (Å²) >= 11 is 0. The lowest BCUT2D eigenvalue weighted by Gasteiger charge is -2.15. The quantitative estimate of drug-likeness (QED) is 0.591. The first kappa shape index (κ1) is 15.7. The first-order valence-corrected chi connectivity index (χ1v) is 8.17. The number of likely N-dealkylation sites (tertiary alicyclic amines) is 1. The average molecular weight is 319 g/mol. The van der Waals surface area contributed by atoms with E-state index in [1.165, 1.54) is 0 Å². The average Bonchev–Trinajstić information content (AvgIpc) is 3.11. The number of hydrogen-bond donors (Lipinski definition) is 2. The third-order valence-electron chi connectivity index (χ3n) is 4.84. The molecule has 0 bridgehead atoms. The number of carbonyl (C=O) groups is 4. The minimum Gasteiger partial charge on any atom is -0.335 e. The van der Waals surface area contributed by atoms with Crippen LogP contribution in [-0.2, 0) is 14.4 Å². The second-order valence-electron chi connectivity index (χ2n) is 6.42. The number of amides is 5. The third kappa shape index (κ3) is 3.28. The number of allylic oxidation sites excluding steroid dienone is 2. The fourth-order valence-corrected chi connectivity index (χ4v) is 3.63. The van der Waals surface area contributed by atoms with E-state index < -0.39 is 11.9 Å².